The van der Waals surface area contributed by atoms with E-state index in [1.165, 1.54) is 6.07 Å². The van der Waals surface area contributed by atoms with Gasteiger partial charge in [-0.3, -0.25) is 14.9 Å². The first-order valence-corrected chi connectivity index (χ1v) is 10.00. The third-order valence-corrected chi connectivity index (χ3v) is 5.16. The van der Waals surface area contributed by atoms with E-state index in [1.54, 1.807) is 18.2 Å². The molecule has 1 aliphatic rings. The summed E-state index contributed by atoms with van der Waals surface area (Å²) in [7, 11) is 0. The van der Waals surface area contributed by atoms with Crippen LogP contribution in [0.15, 0.2) is 48.5 Å². The number of amides is 1. The summed E-state index contributed by atoms with van der Waals surface area (Å²) in [6.07, 6.45) is 2.13. The van der Waals surface area contributed by atoms with Crippen molar-refractivity contribution in [1.82, 2.24) is 5.32 Å². The van der Waals surface area contributed by atoms with E-state index in [-0.39, 0.29) is 22.4 Å². The second kappa shape index (κ2) is 9.91. The van der Waals surface area contributed by atoms with Gasteiger partial charge in [0.2, 0.25) is 5.91 Å². The number of hydrogen-bond donors (Lipinski definition) is 1. The Morgan fingerprint density at radius 2 is 1.97 bits per heavy atom. The number of aryl methyl sites for hydroxylation is 1. The van der Waals surface area contributed by atoms with Crippen LogP contribution in [0.1, 0.15) is 24.8 Å². The fourth-order valence-corrected chi connectivity index (χ4v) is 3.59. The predicted molar refractivity (Wildman–Crippen MR) is 112 cm³/mol. The molecule has 0 radical (unpaired) electrons. The Bertz CT molecular complexity index is 847. The Hall–Kier alpha value is -3.09. The van der Waals surface area contributed by atoms with Gasteiger partial charge in [0.1, 0.15) is 11.4 Å². The first-order valence-electron chi connectivity index (χ1n) is 10.00. The third-order valence-electron chi connectivity index (χ3n) is 5.16. The van der Waals surface area contributed by atoms with Crippen molar-refractivity contribution in [2.24, 2.45) is 5.92 Å². The Labute approximate surface area is 170 Å². The van der Waals surface area contributed by atoms with Crippen molar-refractivity contribution in [3.63, 3.8) is 0 Å². The molecule has 1 amide bonds. The second-order valence-corrected chi connectivity index (χ2v) is 7.32. The normalized spacial score (nSPS) is 14.4. The van der Waals surface area contributed by atoms with Crippen LogP contribution in [-0.2, 0) is 4.79 Å². The van der Waals surface area contributed by atoms with Gasteiger partial charge in [0.15, 0.2) is 0 Å². The van der Waals surface area contributed by atoms with E-state index in [0.29, 0.717) is 44.8 Å². The molecule has 0 unspecified atom stereocenters. The van der Waals surface area contributed by atoms with E-state index < -0.39 is 0 Å². The molecule has 7 nitrogen and oxygen atoms in total. The average Bonchev–Trinajstić information content (AvgIpc) is 2.73. The molecule has 0 atom stereocenters. The number of anilines is 1. The Morgan fingerprint density at radius 1 is 1.21 bits per heavy atom. The average molecular weight is 397 g/mol. The van der Waals surface area contributed by atoms with Gasteiger partial charge in [-0.25, -0.2) is 0 Å². The van der Waals surface area contributed by atoms with Crippen LogP contribution in [0.3, 0.4) is 0 Å². The molecule has 0 saturated carbocycles. The number of piperidine rings is 1. The van der Waals surface area contributed by atoms with Crippen LogP contribution < -0.4 is 15.0 Å². The summed E-state index contributed by atoms with van der Waals surface area (Å²) < 4.78 is 5.69. The number of nitrogens with zero attached hydrogens (tertiary/aromatic N) is 2. The lowest BCUT2D eigenvalue weighted by molar-refractivity contribution is -0.384. The highest BCUT2D eigenvalue weighted by Gasteiger charge is 2.27. The maximum atomic E-state index is 12.4. The summed E-state index contributed by atoms with van der Waals surface area (Å²) in [4.78, 5) is 25.3. The molecule has 29 heavy (non-hydrogen) atoms. The number of nitrogens with one attached hydrogen (secondary N) is 1. The van der Waals surface area contributed by atoms with Gasteiger partial charge in [0.25, 0.3) is 5.69 Å². The van der Waals surface area contributed by atoms with Crippen LogP contribution in [0, 0.1) is 23.0 Å². The van der Waals surface area contributed by atoms with E-state index in [9.17, 15) is 14.9 Å². The molecule has 3 rings (SSSR count). The molecule has 154 valence electrons. The maximum Gasteiger partial charge on any atom is 0.292 e. The van der Waals surface area contributed by atoms with E-state index >= 15 is 0 Å². The minimum Gasteiger partial charge on any atom is -0.494 e. The smallest absolute Gasteiger partial charge is 0.292 e. The van der Waals surface area contributed by atoms with Gasteiger partial charge in [0.05, 0.1) is 11.5 Å². The summed E-state index contributed by atoms with van der Waals surface area (Å²) in [6.45, 7) is 4.43. The first kappa shape index (κ1) is 20.6. The van der Waals surface area contributed by atoms with Crippen LogP contribution >= 0.6 is 0 Å². The minimum atomic E-state index is -0.354. The maximum absolute atomic E-state index is 12.4. The van der Waals surface area contributed by atoms with Crippen LogP contribution in [0.4, 0.5) is 11.4 Å². The molecule has 0 aromatic heterocycles. The van der Waals surface area contributed by atoms with Crippen molar-refractivity contribution in [2.75, 3.05) is 31.1 Å². The van der Waals surface area contributed by atoms with Crippen molar-refractivity contribution in [3.05, 3.63) is 64.2 Å². The van der Waals surface area contributed by atoms with Crippen LogP contribution in [0.5, 0.6) is 5.75 Å². The summed E-state index contributed by atoms with van der Waals surface area (Å²) in [5.41, 5.74) is 1.90. The summed E-state index contributed by atoms with van der Waals surface area (Å²) in [6, 6.07) is 14.7. The summed E-state index contributed by atoms with van der Waals surface area (Å²) >= 11 is 0. The van der Waals surface area contributed by atoms with E-state index in [0.717, 1.165) is 17.7 Å². The second-order valence-electron chi connectivity index (χ2n) is 7.32. The van der Waals surface area contributed by atoms with Gasteiger partial charge in [-0.05, 0) is 49.9 Å². The number of hydrogen-bond acceptors (Lipinski definition) is 5. The van der Waals surface area contributed by atoms with Gasteiger partial charge < -0.3 is 15.0 Å². The molecule has 1 fully saturated rings. The third kappa shape index (κ3) is 5.70. The van der Waals surface area contributed by atoms with Gasteiger partial charge in [0, 0.05) is 31.6 Å². The van der Waals surface area contributed by atoms with Crippen molar-refractivity contribution < 1.29 is 14.5 Å². The van der Waals surface area contributed by atoms with Gasteiger partial charge in [-0.1, -0.05) is 24.3 Å². The zero-order chi connectivity index (χ0) is 20.6. The molecule has 0 aliphatic carbocycles. The number of rotatable bonds is 8. The monoisotopic (exact) mass is 397 g/mol. The van der Waals surface area contributed by atoms with Crippen LogP contribution in [-0.4, -0.2) is 37.1 Å². The zero-order valence-corrected chi connectivity index (χ0v) is 16.7. The SMILES string of the molecule is Cc1cccc(OCCCNC(=O)C2CCN(c3ccccc3[N+](=O)[O-])CC2)c1. The van der Waals surface area contributed by atoms with Crippen LogP contribution in [0.25, 0.3) is 0 Å². The Morgan fingerprint density at radius 3 is 2.69 bits per heavy atom. The van der Waals surface area contributed by atoms with Crippen molar-refractivity contribution in [2.45, 2.75) is 26.2 Å². The Balaban J connectivity index is 1.38. The number of nitro benzene ring substituents is 1. The molecule has 1 N–H and O–H groups in total. The highest BCUT2D eigenvalue weighted by atomic mass is 16.6. The molecule has 2 aromatic rings. The van der Waals surface area contributed by atoms with Gasteiger partial charge >= 0.3 is 0 Å². The first-order chi connectivity index (χ1) is 14.0. The number of carbonyl (C=O) groups is 1. The predicted octanol–water partition coefficient (Wildman–Crippen LogP) is 3.70. The quantitative estimate of drug-likeness (QED) is 0.417. The van der Waals surface area contributed by atoms with Gasteiger partial charge in [-0.15, -0.1) is 0 Å². The molecule has 1 aliphatic heterocycles. The van der Waals surface area contributed by atoms with E-state index in [2.05, 4.69) is 5.32 Å². The molecule has 1 heterocycles. The fraction of sp³-hybridized carbons (Fsp3) is 0.409. The Kier molecular flexibility index (Phi) is 7.05. The van der Waals surface area contributed by atoms with Gasteiger partial charge in [-0.2, -0.15) is 0 Å². The molecule has 0 bridgehead atoms. The van der Waals surface area contributed by atoms with E-state index in [1.807, 2.05) is 36.1 Å². The topological polar surface area (TPSA) is 84.7 Å². The lowest BCUT2D eigenvalue weighted by Gasteiger charge is -2.32. The number of carbonyl (C=O) groups excluding carboxylic acids is 1. The zero-order valence-electron chi connectivity index (χ0n) is 16.7. The highest BCUT2D eigenvalue weighted by molar-refractivity contribution is 5.79. The lowest BCUT2D eigenvalue weighted by Crippen LogP contribution is -2.41. The molecular formula is C22H27N3O4. The molecule has 1 saturated heterocycles. The molecule has 0 spiro atoms. The minimum absolute atomic E-state index is 0.0493. The lowest BCUT2D eigenvalue weighted by atomic mass is 9.95. The molecule has 7 heteroatoms. The summed E-state index contributed by atoms with van der Waals surface area (Å²) in [5, 5.41) is 14.2. The number of para-hydroxylation sites is 2. The summed E-state index contributed by atoms with van der Waals surface area (Å²) in [5.74, 6) is 0.855. The van der Waals surface area contributed by atoms with Crippen molar-refractivity contribution in [1.29, 1.82) is 0 Å². The number of nitro groups is 1. The highest BCUT2D eigenvalue weighted by Crippen LogP contribution is 2.31. The largest absolute Gasteiger partial charge is 0.494 e. The van der Waals surface area contributed by atoms with Crippen molar-refractivity contribution in [3.8, 4) is 5.75 Å². The standard InChI is InChI=1S/C22H27N3O4/c1-17-6-4-7-19(16-17)29-15-5-12-23-22(26)18-10-13-24(14-11-18)20-8-2-3-9-21(20)25(27)28/h2-4,6-9,16,18H,5,10-15H2,1H3,(H,23,26). The van der Waals surface area contributed by atoms with Crippen molar-refractivity contribution >= 4 is 17.3 Å². The van der Waals surface area contributed by atoms with Crippen LogP contribution in [0.2, 0.25) is 0 Å². The number of benzene rings is 2. The number of ether oxygens (including phenoxy) is 1. The van der Waals surface area contributed by atoms with E-state index in [4.69, 9.17) is 4.74 Å². The molecule has 2 aromatic carbocycles. The fourth-order valence-electron chi connectivity index (χ4n) is 3.59. The molecular weight excluding hydrogens is 370 g/mol.